The zero-order valence-corrected chi connectivity index (χ0v) is 12.9. The first-order chi connectivity index (χ1) is 9.86. The molecule has 21 heavy (non-hydrogen) atoms. The van der Waals surface area contributed by atoms with Gasteiger partial charge in [-0.25, -0.2) is 0 Å². The number of carboxylic acids is 1. The van der Waals surface area contributed by atoms with Gasteiger partial charge >= 0.3 is 5.97 Å². The molecule has 0 saturated carbocycles. The van der Waals surface area contributed by atoms with Crippen molar-refractivity contribution in [1.29, 1.82) is 5.26 Å². The molecule has 0 bridgehead atoms. The number of hydrogen-bond donors (Lipinski definition) is 1. The summed E-state index contributed by atoms with van der Waals surface area (Å²) in [6.07, 6.45) is 1.88. The summed E-state index contributed by atoms with van der Waals surface area (Å²) in [5.41, 5.74) is 1.92. The molecular formula is C17H22N2O2. The van der Waals surface area contributed by atoms with Gasteiger partial charge in [-0.2, -0.15) is 5.26 Å². The molecule has 112 valence electrons. The van der Waals surface area contributed by atoms with Crippen LogP contribution in [0.1, 0.15) is 37.8 Å². The highest BCUT2D eigenvalue weighted by Crippen LogP contribution is 2.36. The zero-order valence-electron chi connectivity index (χ0n) is 12.9. The van der Waals surface area contributed by atoms with E-state index in [0.29, 0.717) is 12.1 Å². The molecule has 4 nitrogen and oxygen atoms in total. The Morgan fingerprint density at radius 1 is 1.48 bits per heavy atom. The van der Waals surface area contributed by atoms with Crippen LogP contribution >= 0.6 is 0 Å². The maximum absolute atomic E-state index is 11.5. The molecule has 1 aromatic rings. The van der Waals surface area contributed by atoms with Crippen LogP contribution in [0.2, 0.25) is 0 Å². The quantitative estimate of drug-likeness (QED) is 0.926. The minimum atomic E-state index is -0.751. The molecule has 0 radical (unpaired) electrons. The summed E-state index contributed by atoms with van der Waals surface area (Å²) < 4.78 is 0. The molecule has 1 unspecified atom stereocenters. The fraction of sp³-hybridized carbons (Fsp3) is 0.529. The van der Waals surface area contributed by atoms with E-state index in [4.69, 9.17) is 0 Å². The summed E-state index contributed by atoms with van der Waals surface area (Å²) >= 11 is 0. The van der Waals surface area contributed by atoms with Gasteiger partial charge in [0.15, 0.2) is 0 Å². The van der Waals surface area contributed by atoms with E-state index in [2.05, 4.69) is 11.0 Å². The van der Waals surface area contributed by atoms with Gasteiger partial charge in [0, 0.05) is 13.1 Å². The Labute approximate surface area is 126 Å². The molecule has 1 aromatic carbocycles. The molecule has 0 aromatic heterocycles. The number of carboxylic acid groups (broad SMARTS) is 1. The van der Waals surface area contributed by atoms with Crippen LogP contribution < -0.4 is 4.90 Å². The van der Waals surface area contributed by atoms with Gasteiger partial charge in [0.25, 0.3) is 0 Å². The van der Waals surface area contributed by atoms with Crippen molar-refractivity contribution in [2.24, 2.45) is 11.3 Å². The predicted molar refractivity (Wildman–Crippen MR) is 82.2 cm³/mol. The van der Waals surface area contributed by atoms with Gasteiger partial charge < -0.3 is 10.0 Å². The second kappa shape index (κ2) is 5.77. The van der Waals surface area contributed by atoms with Gasteiger partial charge in [0.05, 0.1) is 16.7 Å². The molecule has 1 fully saturated rings. The number of benzene rings is 1. The van der Waals surface area contributed by atoms with Gasteiger partial charge in [-0.3, -0.25) is 4.79 Å². The largest absolute Gasteiger partial charge is 0.481 e. The summed E-state index contributed by atoms with van der Waals surface area (Å²) in [5, 5.41) is 18.7. The number of aliphatic carboxylic acids is 1. The van der Waals surface area contributed by atoms with E-state index >= 15 is 0 Å². The second-order valence-electron chi connectivity index (χ2n) is 6.44. The molecule has 1 saturated heterocycles. The lowest BCUT2D eigenvalue weighted by Gasteiger charge is -2.40. The van der Waals surface area contributed by atoms with Gasteiger partial charge in [0.1, 0.15) is 6.07 Å². The number of carbonyl (C=O) groups is 1. The third-order valence-electron chi connectivity index (χ3n) is 4.61. The smallest absolute Gasteiger partial charge is 0.309 e. The first kappa shape index (κ1) is 15.4. The van der Waals surface area contributed by atoms with E-state index in [1.165, 1.54) is 0 Å². The van der Waals surface area contributed by atoms with E-state index in [9.17, 15) is 15.2 Å². The molecule has 1 aliphatic rings. The third kappa shape index (κ3) is 3.02. The number of anilines is 1. The molecule has 0 amide bonds. The summed E-state index contributed by atoms with van der Waals surface area (Å²) in [7, 11) is 0. The van der Waals surface area contributed by atoms with Gasteiger partial charge in [-0.05, 0) is 57.2 Å². The van der Waals surface area contributed by atoms with Crippen molar-refractivity contribution in [3.63, 3.8) is 0 Å². The van der Waals surface area contributed by atoms with Crippen molar-refractivity contribution in [1.82, 2.24) is 0 Å². The van der Waals surface area contributed by atoms with Crippen LogP contribution in [0.25, 0.3) is 0 Å². The highest BCUT2D eigenvalue weighted by molar-refractivity contribution is 5.74. The van der Waals surface area contributed by atoms with Crippen LogP contribution in [-0.4, -0.2) is 24.2 Å². The van der Waals surface area contributed by atoms with Crippen LogP contribution in [0, 0.1) is 29.6 Å². The molecule has 1 atom stereocenters. The normalized spacial score (nSPS) is 19.1. The zero-order chi connectivity index (χ0) is 15.6. The Kier molecular flexibility index (Phi) is 4.22. The minimum absolute atomic E-state index is 0.0941. The number of aryl methyl sites for hydroxylation is 1. The van der Waals surface area contributed by atoms with E-state index in [1.807, 2.05) is 25.1 Å². The second-order valence-corrected chi connectivity index (χ2v) is 6.44. The van der Waals surface area contributed by atoms with Crippen LogP contribution in [0.15, 0.2) is 18.2 Å². The fourth-order valence-corrected chi connectivity index (χ4v) is 2.97. The van der Waals surface area contributed by atoms with Gasteiger partial charge in [-0.15, -0.1) is 0 Å². The Balaban J connectivity index is 2.27. The molecular weight excluding hydrogens is 264 g/mol. The van der Waals surface area contributed by atoms with Crippen LogP contribution in [-0.2, 0) is 4.79 Å². The van der Waals surface area contributed by atoms with Crippen molar-refractivity contribution >= 4 is 11.7 Å². The monoisotopic (exact) mass is 286 g/mol. The van der Waals surface area contributed by atoms with Gasteiger partial charge in [-0.1, -0.05) is 6.07 Å². The van der Waals surface area contributed by atoms with Crippen LogP contribution in [0.3, 0.4) is 0 Å². The average molecular weight is 286 g/mol. The van der Waals surface area contributed by atoms with Crippen LogP contribution in [0.4, 0.5) is 5.69 Å². The van der Waals surface area contributed by atoms with Crippen LogP contribution in [0.5, 0.6) is 0 Å². The average Bonchev–Trinajstić information content (AvgIpc) is 2.47. The summed E-state index contributed by atoms with van der Waals surface area (Å²) in [5.74, 6) is -0.657. The molecule has 1 N–H and O–H groups in total. The fourth-order valence-electron chi connectivity index (χ4n) is 2.97. The first-order valence-electron chi connectivity index (χ1n) is 7.35. The number of nitriles is 1. The van der Waals surface area contributed by atoms with Crippen molar-refractivity contribution in [3.8, 4) is 6.07 Å². The van der Waals surface area contributed by atoms with E-state index in [0.717, 1.165) is 30.6 Å². The lowest BCUT2D eigenvalue weighted by molar-refractivity contribution is -0.150. The molecule has 1 aliphatic heterocycles. The summed E-state index contributed by atoms with van der Waals surface area (Å²) in [4.78, 5) is 13.6. The molecule has 0 spiro atoms. The highest BCUT2D eigenvalue weighted by Gasteiger charge is 2.39. The van der Waals surface area contributed by atoms with E-state index in [-0.39, 0.29) is 5.92 Å². The number of hydrogen-bond acceptors (Lipinski definition) is 3. The lowest BCUT2D eigenvalue weighted by atomic mass is 9.74. The maximum Gasteiger partial charge on any atom is 0.309 e. The third-order valence-corrected chi connectivity index (χ3v) is 4.61. The molecule has 4 heteroatoms. The SMILES string of the molecule is Cc1ccc(N2CCCC(C(C)(C)C(=O)O)C2)c(C#N)c1. The lowest BCUT2D eigenvalue weighted by Crippen LogP contribution is -2.45. The van der Waals surface area contributed by atoms with E-state index < -0.39 is 11.4 Å². The highest BCUT2D eigenvalue weighted by atomic mass is 16.4. The Hall–Kier alpha value is -2.02. The molecule has 0 aliphatic carbocycles. The minimum Gasteiger partial charge on any atom is -0.481 e. The molecule has 1 heterocycles. The van der Waals surface area contributed by atoms with E-state index in [1.54, 1.807) is 13.8 Å². The molecule has 2 rings (SSSR count). The Bertz CT molecular complexity index is 587. The summed E-state index contributed by atoms with van der Waals surface area (Å²) in [6.45, 7) is 7.13. The Morgan fingerprint density at radius 3 is 2.81 bits per heavy atom. The van der Waals surface area contributed by atoms with Crippen molar-refractivity contribution in [3.05, 3.63) is 29.3 Å². The number of piperidine rings is 1. The van der Waals surface area contributed by atoms with Crippen molar-refractivity contribution < 1.29 is 9.90 Å². The topological polar surface area (TPSA) is 64.3 Å². The first-order valence-corrected chi connectivity index (χ1v) is 7.35. The standard InChI is InChI=1S/C17H22N2O2/c1-12-6-7-15(13(9-12)10-18)19-8-4-5-14(11-19)17(2,3)16(20)21/h6-7,9,14H,4-5,8,11H2,1-3H3,(H,20,21). The summed E-state index contributed by atoms with van der Waals surface area (Å²) in [6, 6.07) is 8.12. The number of rotatable bonds is 3. The van der Waals surface area contributed by atoms with Crippen molar-refractivity contribution in [2.45, 2.75) is 33.6 Å². The maximum atomic E-state index is 11.5. The Morgan fingerprint density at radius 2 is 2.19 bits per heavy atom. The van der Waals surface area contributed by atoms with Crippen molar-refractivity contribution in [2.75, 3.05) is 18.0 Å². The predicted octanol–water partition coefficient (Wildman–Crippen LogP) is 3.19. The van der Waals surface area contributed by atoms with Gasteiger partial charge in [0.2, 0.25) is 0 Å². The number of nitrogens with zero attached hydrogens (tertiary/aromatic N) is 2.